The van der Waals surface area contributed by atoms with Crippen LogP contribution in [-0.2, 0) is 18.2 Å². The molecule has 108 valence electrons. The molecule has 0 saturated carbocycles. The molecule has 1 aromatic heterocycles. The highest BCUT2D eigenvalue weighted by molar-refractivity contribution is 5.04. The Hall–Kier alpha value is -0.910. The van der Waals surface area contributed by atoms with Crippen LogP contribution in [0.4, 0.5) is 0 Å². The first-order valence-electron chi connectivity index (χ1n) is 7.18. The molecule has 1 N–H and O–H groups in total. The third-order valence-electron chi connectivity index (χ3n) is 3.56. The summed E-state index contributed by atoms with van der Waals surface area (Å²) in [6.07, 6.45) is 5.12. The first-order chi connectivity index (χ1) is 9.15. The summed E-state index contributed by atoms with van der Waals surface area (Å²) >= 11 is 0. The lowest BCUT2D eigenvalue weighted by Crippen LogP contribution is -2.51. The van der Waals surface area contributed by atoms with Crippen LogP contribution in [0.15, 0.2) is 12.4 Å². The highest BCUT2D eigenvalue weighted by Crippen LogP contribution is 2.08. The predicted molar refractivity (Wildman–Crippen MR) is 76.2 cm³/mol. The Morgan fingerprint density at radius 1 is 1.53 bits per heavy atom. The van der Waals surface area contributed by atoms with Gasteiger partial charge in [0, 0.05) is 45.0 Å². The summed E-state index contributed by atoms with van der Waals surface area (Å²) in [4.78, 5) is 2.53. The molecule has 1 atom stereocenters. The van der Waals surface area contributed by atoms with Crippen molar-refractivity contribution in [2.75, 3.05) is 32.8 Å². The lowest BCUT2D eigenvalue weighted by Gasteiger charge is -2.36. The second-order valence-corrected chi connectivity index (χ2v) is 5.60. The second-order valence-electron chi connectivity index (χ2n) is 5.60. The third-order valence-corrected chi connectivity index (χ3v) is 3.56. The molecule has 1 fully saturated rings. The molecule has 5 nitrogen and oxygen atoms in total. The van der Waals surface area contributed by atoms with E-state index in [0.29, 0.717) is 12.1 Å². The Morgan fingerprint density at radius 3 is 3.05 bits per heavy atom. The van der Waals surface area contributed by atoms with Gasteiger partial charge in [-0.25, -0.2) is 0 Å². The van der Waals surface area contributed by atoms with Crippen molar-refractivity contribution in [2.45, 2.75) is 32.4 Å². The van der Waals surface area contributed by atoms with Crippen molar-refractivity contribution in [1.29, 1.82) is 0 Å². The second kappa shape index (κ2) is 7.03. The minimum Gasteiger partial charge on any atom is -0.378 e. The van der Waals surface area contributed by atoms with Crippen molar-refractivity contribution >= 4 is 0 Å². The normalized spacial score (nSPS) is 21.2. The minimum absolute atomic E-state index is 0.493. The van der Waals surface area contributed by atoms with Gasteiger partial charge in [-0.2, -0.15) is 5.10 Å². The van der Waals surface area contributed by atoms with Crippen LogP contribution < -0.4 is 5.32 Å². The van der Waals surface area contributed by atoms with E-state index < -0.39 is 0 Å². The van der Waals surface area contributed by atoms with Crippen LogP contribution in [0.25, 0.3) is 0 Å². The molecule has 0 bridgehead atoms. The third kappa shape index (κ3) is 4.60. The Bertz CT molecular complexity index is 377. The van der Waals surface area contributed by atoms with Crippen LogP contribution in [0.1, 0.15) is 19.4 Å². The van der Waals surface area contributed by atoms with Gasteiger partial charge in [-0.05, 0) is 12.0 Å². The van der Waals surface area contributed by atoms with Crippen molar-refractivity contribution in [3.63, 3.8) is 0 Å². The molecule has 1 unspecified atom stereocenters. The molecular formula is C14H26N4O. The number of nitrogens with one attached hydrogen (secondary N) is 1. The van der Waals surface area contributed by atoms with Gasteiger partial charge in [0.05, 0.1) is 19.4 Å². The first kappa shape index (κ1) is 14.5. The summed E-state index contributed by atoms with van der Waals surface area (Å²) in [5, 5.41) is 7.73. The molecule has 0 aliphatic carbocycles. The summed E-state index contributed by atoms with van der Waals surface area (Å²) in [6.45, 7) is 9.18. The quantitative estimate of drug-likeness (QED) is 0.821. The number of nitrogens with zero attached hydrogens (tertiary/aromatic N) is 3. The van der Waals surface area contributed by atoms with Gasteiger partial charge in [-0.15, -0.1) is 0 Å². The maximum atomic E-state index is 5.60. The summed E-state index contributed by atoms with van der Waals surface area (Å²) in [7, 11) is 1.97. The number of rotatable bonds is 6. The van der Waals surface area contributed by atoms with Crippen LogP contribution in [0.3, 0.4) is 0 Å². The average molecular weight is 266 g/mol. The zero-order valence-electron chi connectivity index (χ0n) is 12.3. The zero-order valence-corrected chi connectivity index (χ0v) is 12.3. The van der Waals surface area contributed by atoms with E-state index >= 15 is 0 Å². The van der Waals surface area contributed by atoms with E-state index in [1.807, 2.05) is 17.9 Å². The van der Waals surface area contributed by atoms with Crippen molar-refractivity contribution < 1.29 is 4.74 Å². The molecule has 19 heavy (non-hydrogen) atoms. The summed E-state index contributed by atoms with van der Waals surface area (Å²) in [5.74, 6) is 0. The zero-order chi connectivity index (χ0) is 13.7. The molecule has 0 spiro atoms. The molecule has 2 heterocycles. The summed E-state index contributed by atoms with van der Waals surface area (Å²) in [6, 6.07) is 1.02. The average Bonchev–Trinajstić information content (AvgIpc) is 2.80. The molecule has 1 aliphatic rings. The van der Waals surface area contributed by atoms with Crippen molar-refractivity contribution in [3.8, 4) is 0 Å². The SMILES string of the molecule is CC(C)NCC1COCCN1CCc1cnn(C)c1. The summed E-state index contributed by atoms with van der Waals surface area (Å²) in [5.41, 5.74) is 1.31. The van der Waals surface area contributed by atoms with E-state index in [1.165, 1.54) is 5.56 Å². The van der Waals surface area contributed by atoms with E-state index in [9.17, 15) is 0 Å². The van der Waals surface area contributed by atoms with Crippen LogP contribution in [-0.4, -0.2) is 59.6 Å². The molecule has 0 aromatic carbocycles. The lowest BCUT2D eigenvalue weighted by molar-refractivity contribution is -0.00672. The number of morpholine rings is 1. The maximum Gasteiger partial charge on any atom is 0.0634 e. The molecular weight excluding hydrogens is 240 g/mol. The van der Waals surface area contributed by atoms with Gasteiger partial charge in [-0.1, -0.05) is 13.8 Å². The minimum atomic E-state index is 0.493. The van der Waals surface area contributed by atoms with Crippen LogP contribution >= 0.6 is 0 Å². The van der Waals surface area contributed by atoms with E-state index in [1.54, 1.807) is 0 Å². The predicted octanol–water partition coefficient (Wildman–Crippen LogP) is 0.661. The molecule has 5 heteroatoms. The molecule has 0 amide bonds. The molecule has 1 aromatic rings. The van der Waals surface area contributed by atoms with Crippen molar-refractivity contribution in [2.24, 2.45) is 7.05 Å². The first-order valence-corrected chi connectivity index (χ1v) is 7.18. The van der Waals surface area contributed by atoms with Gasteiger partial charge in [0.15, 0.2) is 0 Å². The van der Waals surface area contributed by atoms with Crippen LogP contribution in [0, 0.1) is 0 Å². The molecule has 0 radical (unpaired) electrons. The number of aryl methyl sites for hydroxylation is 1. The largest absolute Gasteiger partial charge is 0.378 e. The van der Waals surface area contributed by atoms with Crippen molar-refractivity contribution in [3.05, 3.63) is 18.0 Å². The van der Waals surface area contributed by atoms with E-state index in [0.717, 1.165) is 39.3 Å². The fraction of sp³-hybridized carbons (Fsp3) is 0.786. The van der Waals surface area contributed by atoms with Crippen molar-refractivity contribution in [1.82, 2.24) is 20.0 Å². The van der Waals surface area contributed by atoms with Crippen LogP contribution in [0.5, 0.6) is 0 Å². The van der Waals surface area contributed by atoms with Gasteiger partial charge in [0.2, 0.25) is 0 Å². The highest BCUT2D eigenvalue weighted by Gasteiger charge is 2.22. The van der Waals surface area contributed by atoms with E-state index in [4.69, 9.17) is 4.74 Å². The smallest absolute Gasteiger partial charge is 0.0634 e. The molecule has 2 rings (SSSR count). The van der Waals surface area contributed by atoms with E-state index in [2.05, 4.69) is 35.4 Å². The topological polar surface area (TPSA) is 42.3 Å². The molecule has 1 aliphatic heterocycles. The van der Waals surface area contributed by atoms with Gasteiger partial charge in [-0.3, -0.25) is 9.58 Å². The van der Waals surface area contributed by atoms with Gasteiger partial charge < -0.3 is 10.1 Å². The van der Waals surface area contributed by atoms with Crippen LogP contribution in [0.2, 0.25) is 0 Å². The Kier molecular flexibility index (Phi) is 5.36. The number of hydrogen-bond acceptors (Lipinski definition) is 4. The monoisotopic (exact) mass is 266 g/mol. The fourth-order valence-electron chi connectivity index (χ4n) is 2.42. The molecule has 1 saturated heterocycles. The number of aromatic nitrogens is 2. The maximum absolute atomic E-state index is 5.60. The standard InChI is InChI=1S/C14H26N4O/c1-12(2)15-9-14-11-19-7-6-18(14)5-4-13-8-16-17(3)10-13/h8,10,12,14-15H,4-7,9,11H2,1-3H3. The Morgan fingerprint density at radius 2 is 2.37 bits per heavy atom. The van der Waals surface area contributed by atoms with Gasteiger partial charge in [0.1, 0.15) is 0 Å². The summed E-state index contributed by atoms with van der Waals surface area (Å²) < 4.78 is 7.47. The number of ether oxygens (including phenoxy) is 1. The fourth-order valence-corrected chi connectivity index (χ4v) is 2.42. The van der Waals surface area contributed by atoms with Gasteiger partial charge in [0.25, 0.3) is 0 Å². The Balaban J connectivity index is 1.81. The number of hydrogen-bond donors (Lipinski definition) is 1. The van der Waals surface area contributed by atoms with Gasteiger partial charge >= 0.3 is 0 Å². The van der Waals surface area contributed by atoms with E-state index in [-0.39, 0.29) is 0 Å². The highest BCUT2D eigenvalue weighted by atomic mass is 16.5. The Labute approximate surface area is 115 Å². The lowest BCUT2D eigenvalue weighted by atomic mass is 10.1.